The number of hydrogen-bond acceptors (Lipinski definition) is 4. The van der Waals surface area contributed by atoms with Crippen molar-refractivity contribution in [2.24, 2.45) is 5.10 Å². The number of aryl methyl sites for hydroxylation is 1. The summed E-state index contributed by atoms with van der Waals surface area (Å²) in [6.45, 7) is 2.59. The number of rotatable bonds is 7. The van der Waals surface area contributed by atoms with Gasteiger partial charge in [-0.2, -0.15) is 5.10 Å². The Balaban J connectivity index is 1.43. The molecule has 6 nitrogen and oxygen atoms in total. The summed E-state index contributed by atoms with van der Waals surface area (Å²) in [6, 6.07) is 20.1. The van der Waals surface area contributed by atoms with Crippen LogP contribution in [0.2, 0.25) is 10.0 Å². The van der Waals surface area contributed by atoms with Crippen LogP contribution in [0.5, 0.6) is 5.75 Å². The predicted octanol–water partition coefficient (Wildman–Crippen LogP) is 4.65. The Bertz CT molecular complexity index is 1110. The van der Waals surface area contributed by atoms with Gasteiger partial charge in [0.2, 0.25) is 0 Å². The quantitative estimate of drug-likeness (QED) is 0.300. The first kappa shape index (κ1) is 23.3. The van der Waals surface area contributed by atoms with Gasteiger partial charge < -0.3 is 10.1 Å². The number of carbonyl (C=O) groups excluding carboxylic acids is 2. The molecule has 8 heteroatoms. The lowest BCUT2D eigenvalue weighted by molar-refractivity contribution is -0.139. The van der Waals surface area contributed by atoms with Gasteiger partial charge >= 0.3 is 11.8 Å². The molecule has 0 aliphatic rings. The molecule has 164 valence electrons. The third kappa shape index (κ3) is 7.11. The van der Waals surface area contributed by atoms with Gasteiger partial charge in [-0.1, -0.05) is 59.1 Å². The van der Waals surface area contributed by atoms with E-state index in [2.05, 4.69) is 15.8 Å². The Morgan fingerprint density at radius 2 is 1.59 bits per heavy atom. The van der Waals surface area contributed by atoms with Crippen molar-refractivity contribution in [2.45, 2.75) is 20.1 Å². The van der Waals surface area contributed by atoms with E-state index in [1.165, 1.54) is 6.21 Å². The molecule has 3 aromatic carbocycles. The average molecular weight is 470 g/mol. The summed E-state index contributed by atoms with van der Waals surface area (Å²) in [6.07, 6.45) is 1.44. The van der Waals surface area contributed by atoms with Crippen LogP contribution in [0.15, 0.2) is 71.8 Å². The van der Waals surface area contributed by atoms with Crippen molar-refractivity contribution in [2.75, 3.05) is 0 Å². The van der Waals surface area contributed by atoms with Gasteiger partial charge in [0, 0.05) is 6.54 Å². The van der Waals surface area contributed by atoms with Crippen LogP contribution >= 0.6 is 23.2 Å². The Labute approximate surface area is 196 Å². The fourth-order valence-corrected chi connectivity index (χ4v) is 2.95. The van der Waals surface area contributed by atoms with E-state index in [9.17, 15) is 9.59 Å². The van der Waals surface area contributed by atoms with Crippen molar-refractivity contribution in [3.05, 3.63) is 99.0 Å². The molecule has 0 aliphatic carbocycles. The number of nitrogens with one attached hydrogen (secondary N) is 2. The fourth-order valence-electron chi connectivity index (χ4n) is 2.63. The first-order valence-corrected chi connectivity index (χ1v) is 10.5. The highest BCUT2D eigenvalue weighted by atomic mass is 35.5. The van der Waals surface area contributed by atoms with Crippen LogP contribution in [0.1, 0.15) is 22.3 Å². The first-order chi connectivity index (χ1) is 15.4. The summed E-state index contributed by atoms with van der Waals surface area (Å²) in [4.78, 5) is 23.7. The number of hydrogen-bond donors (Lipinski definition) is 2. The molecule has 0 spiro atoms. The van der Waals surface area contributed by atoms with Crippen molar-refractivity contribution in [1.29, 1.82) is 0 Å². The lowest BCUT2D eigenvalue weighted by atomic mass is 10.1. The Hall–Kier alpha value is -3.35. The van der Waals surface area contributed by atoms with Gasteiger partial charge in [-0.3, -0.25) is 9.59 Å². The van der Waals surface area contributed by atoms with Crippen molar-refractivity contribution in [3.63, 3.8) is 0 Å². The van der Waals surface area contributed by atoms with E-state index in [4.69, 9.17) is 27.9 Å². The summed E-state index contributed by atoms with van der Waals surface area (Å²) in [5, 5.41) is 7.34. The van der Waals surface area contributed by atoms with Gasteiger partial charge in [-0.25, -0.2) is 5.43 Å². The predicted molar refractivity (Wildman–Crippen MR) is 126 cm³/mol. The smallest absolute Gasteiger partial charge is 0.329 e. The molecule has 0 atom stereocenters. The van der Waals surface area contributed by atoms with Gasteiger partial charge in [0.1, 0.15) is 12.4 Å². The van der Waals surface area contributed by atoms with Gasteiger partial charge in [-0.05, 0) is 60.0 Å². The van der Waals surface area contributed by atoms with Gasteiger partial charge in [0.05, 0.1) is 16.3 Å². The first-order valence-electron chi connectivity index (χ1n) is 9.74. The van der Waals surface area contributed by atoms with Crippen molar-refractivity contribution >= 4 is 41.2 Å². The second-order valence-corrected chi connectivity index (χ2v) is 7.79. The number of benzene rings is 3. The summed E-state index contributed by atoms with van der Waals surface area (Å²) in [5.41, 5.74) is 5.86. The molecule has 3 aromatic rings. The van der Waals surface area contributed by atoms with Gasteiger partial charge in [-0.15, -0.1) is 0 Å². The largest absolute Gasteiger partial charge is 0.489 e. The highest BCUT2D eigenvalue weighted by Gasteiger charge is 2.11. The monoisotopic (exact) mass is 469 g/mol. The van der Waals surface area contributed by atoms with E-state index in [-0.39, 0.29) is 6.54 Å². The SMILES string of the molecule is Cc1ccc(CNC(=O)C(=O)N/N=C\c2ccc(OCc3ccc(Cl)c(Cl)c3)cc2)cc1. The standard InChI is InChI=1S/C24H21Cl2N3O3/c1-16-2-4-17(5-3-16)13-27-23(30)24(31)29-28-14-18-6-9-20(10-7-18)32-15-19-8-11-21(25)22(26)12-19/h2-12,14H,13,15H2,1H3,(H,27,30)(H,29,31)/b28-14-. The molecule has 0 saturated carbocycles. The Morgan fingerprint density at radius 3 is 2.28 bits per heavy atom. The highest BCUT2D eigenvalue weighted by molar-refractivity contribution is 6.42. The maximum absolute atomic E-state index is 11.9. The minimum atomic E-state index is -0.838. The molecule has 3 rings (SSSR count). The number of amides is 2. The summed E-state index contributed by atoms with van der Waals surface area (Å²) >= 11 is 11.9. The van der Waals surface area contributed by atoms with Gasteiger partial charge in [0.25, 0.3) is 0 Å². The number of nitrogens with zero attached hydrogens (tertiary/aromatic N) is 1. The van der Waals surface area contributed by atoms with Crippen LogP contribution in [-0.4, -0.2) is 18.0 Å². The molecule has 0 radical (unpaired) electrons. The van der Waals surface area contributed by atoms with E-state index < -0.39 is 11.8 Å². The third-order valence-electron chi connectivity index (χ3n) is 4.43. The van der Waals surface area contributed by atoms with Crippen molar-refractivity contribution in [1.82, 2.24) is 10.7 Å². The van der Waals surface area contributed by atoms with E-state index in [1.807, 2.05) is 37.3 Å². The number of ether oxygens (including phenoxy) is 1. The molecule has 32 heavy (non-hydrogen) atoms. The summed E-state index contributed by atoms with van der Waals surface area (Å²) in [5.74, 6) is -0.934. The lowest BCUT2D eigenvalue weighted by Gasteiger charge is -2.07. The molecular formula is C24H21Cl2N3O3. The normalized spacial score (nSPS) is 10.7. The summed E-state index contributed by atoms with van der Waals surface area (Å²) in [7, 11) is 0. The topological polar surface area (TPSA) is 79.8 Å². The van der Waals surface area contributed by atoms with E-state index in [1.54, 1.807) is 36.4 Å². The highest BCUT2D eigenvalue weighted by Crippen LogP contribution is 2.23. The molecule has 0 aliphatic heterocycles. The van der Waals surface area contributed by atoms with Crippen molar-refractivity contribution < 1.29 is 14.3 Å². The Kier molecular flexibility index (Phi) is 8.25. The molecule has 0 saturated heterocycles. The molecule has 2 amide bonds. The van der Waals surface area contributed by atoms with E-state index in [0.717, 1.165) is 22.3 Å². The van der Waals surface area contributed by atoms with Crippen LogP contribution in [0.25, 0.3) is 0 Å². The second-order valence-electron chi connectivity index (χ2n) is 6.97. The van der Waals surface area contributed by atoms with E-state index in [0.29, 0.717) is 22.4 Å². The van der Waals surface area contributed by atoms with Crippen LogP contribution in [-0.2, 0) is 22.7 Å². The zero-order valence-corrected chi connectivity index (χ0v) is 18.8. The minimum Gasteiger partial charge on any atom is -0.489 e. The number of carbonyl (C=O) groups is 2. The second kappa shape index (κ2) is 11.3. The average Bonchev–Trinajstić information content (AvgIpc) is 2.80. The molecule has 0 aromatic heterocycles. The summed E-state index contributed by atoms with van der Waals surface area (Å²) < 4.78 is 5.72. The molecule has 2 N–H and O–H groups in total. The fraction of sp³-hybridized carbons (Fsp3) is 0.125. The number of halogens is 2. The molecule has 0 bridgehead atoms. The molecule has 0 heterocycles. The maximum atomic E-state index is 11.9. The number of hydrazone groups is 1. The van der Waals surface area contributed by atoms with Crippen LogP contribution in [0, 0.1) is 6.92 Å². The maximum Gasteiger partial charge on any atom is 0.329 e. The molecular weight excluding hydrogens is 449 g/mol. The Morgan fingerprint density at radius 1 is 0.906 bits per heavy atom. The van der Waals surface area contributed by atoms with Crippen LogP contribution in [0.4, 0.5) is 0 Å². The zero-order valence-electron chi connectivity index (χ0n) is 17.3. The molecule has 0 unspecified atom stereocenters. The zero-order chi connectivity index (χ0) is 22.9. The van der Waals surface area contributed by atoms with E-state index >= 15 is 0 Å². The third-order valence-corrected chi connectivity index (χ3v) is 5.17. The van der Waals surface area contributed by atoms with Crippen LogP contribution in [0.3, 0.4) is 0 Å². The molecule has 0 fully saturated rings. The minimum absolute atomic E-state index is 0.264. The van der Waals surface area contributed by atoms with Gasteiger partial charge in [0.15, 0.2) is 0 Å². The van der Waals surface area contributed by atoms with Crippen molar-refractivity contribution in [3.8, 4) is 5.75 Å². The lowest BCUT2D eigenvalue weighted by Crippen LogP contribution is -2.37. The van der Waals surface area contributed by atoms with Crippen LogP contribution < -0.4 is 15.5 Å².